The Morgan fingerprint density at radius 2 is 1.79 bits per heavy atom. The predicted octanol–water partition coefficient (Wildman–Crippen LogP) is 3.35. The summed E-state index contributed by atoms with van der Waals surface area (Å²) >= 11 is 6.17. The number of ether oxygens (including phenoxy) is 4. The molecule has 1 amide bonds. The third-order valence-electron chi connectivity index (χ3n) is 5.24. The van der Waals surface area contributed by atoms with Gasteiger partial charge >= 0.3 is 5.97 Å². The Hall–Kier alpha value is -3.56. The molecule has 2 aromatic rings. The van der Waals surface area contributed by atoms with Gasteiger partial charge in [0.1, 0.15) is 23.0 Å². The topological polar surface area (TPSA) is 112 Å². The smallest absolute Gasteiger partial charge is 0.308 e. The number of hydrogen-bond donors (Lipinski definition) is 1. The van der Waals surface area contributed by atoms with Crippen molar-refractivity contribution in [3.05, 3.63) is 58.1 Å². The monoisotopic (exact) mass is 489 g/mol. The van der Waals surface area contributed by atoms with Crippen LogP contribution in [0.4, 0.5) is 0 Å². The molecule has 0 bridgehead atoms. The van der Waals surface area contributed by atoms with E-state index in [2.05, 4.69) is 0 Å². The van der Waals surface area contributed by atoms with Crippen molar-refractivity contribution in [2.75, 3.05) is 34.5 Å². The number of nitrogens with zero attached hydrogens (tertiary/aromatic N) is 1. The van der Waals surface area contributed by atoms with Crippen LogP contribution in [0.25, 0.3) is 5.76 Å². The predicted molar refractivity (Wildman–Crippen MR) is 123 cm³/mol. The van der Waals surface area contributed by atoms with Gasteiger partial charge in [0.05, 0.1) is 43.0 Å². The molecule has 0 spiro atoms. The number of likely N-dealkylation sites (tertiary alicyclic amines) is 1. The number of hydrogen-bond acceptors (Lipinski definition) is 8. The number of aliphatic hydroxyl groups excluding tert-OH is 1. The molecule has 0 radical (unpaired) electrons. The maximum atomic E-state index is 13.1. The van der Waals surface area contributed by atoms with Gasteiger partial charge in [0.25, 0.3) is 11.7 Å². The highest BCUT2D eigenvalue weighted by Gasteiger charge is 2.46. The summed E-state index contributed by atoms with van der Waals surface area (Å²) in [6.45, 7) is 1.50. The number of ketones is 1. The standard InChI is InChI=1S/C24H24ClNO8/c1-13(27)34-15-7-5-6-14(10-15)21-20(23(29)24(30)26(21)8-9-31-2)22(28)16-11-19(33-4)17(25)12-18(16)32-3/h5-7,10-12,21,28H,8-9H2,1-4H3/b22-20+. The van der Waals surface area contributed by atoms with Crippen LogP contribution in [0.1, 0.15) is 24.1 Å². The fourth-order valence-corrected chi connectivity index (χ4v) is 3.98. The van der Waals surface area contributed by atoms with Gasteiger partial charge in [-0.15, -0.1) is 0 Å². The van der Waals surface area contributed by atoms with Crippen LogP contribution >= 0.6 is 11.6 Å². The van der Waals surface area contributed by atoms with Crippen molar-refractivity contribution in [2.45, 2.75) is 13.0 Å². The summed E-state index contributed by atoms with van der Waals surface area (Å²) in [4.78, 5) is 38.8. The molecule has 0 aliphatic carbocycles. The minimum Gasteiger partial charge on any atom is -0.507 e. The fraction of sp³-hybridized carbons (Fsp3) is 0.292. The Bertz CT molecular complexity index is 1160. The summed E-state index contributed by atoms with van der Waals surface area (Å²) in [5, 5.41) is 11.5. The number of amides is 1. The average Bonchev–Trinajstić information content (AvgIpc) is 3.06. The first-order valence-corrected chi connectivity index (χ1v) is 10.6. The highest BCUT2D eigenvalue weighted by atomic mass is 35.5. The SMILES string of the molecule is COCCN1C(=O)C(=O)/C(=C(/O)c2cc(OC)c(Cl)cc2OC)C1c1cccc(OC(C)=O)c1. The largest absolute Gasteiger partial charge is 0.507 e. The van der Waals surface area contributed by atoms with E-state index in [1.165, 1.54) is 51.4 Å². The van der Waals surface area contributed by atoms with Gasteiger partial charge in [-0.1, -0.05) is 23.7 Å². The summed E-state index contributed by atoms with van der Waals surface area (Å²) in [5.41, 5.74) is 0.411. The molecule has 1 unspecified atom stereocenters. The lowest BCUT2D eigenvalue weighted by Gasteiger charge is -2.25. The van der Waals surface area contributed by atoms with Crippen LogP contribution in [0.2, 0.25) is 5.02 Å². The quantitative estimate of drug-likeness (QED) is 0.197. The molecular formula is C24H24ClNO8. The highest BCUT2D eigenvalue weighted by Crippen LogP contribution is 2.43. The lowest BCUT2D eigenvalue weighted by atomic mass is 9.94. The van der Waals surface area contributed by atoms with E-state index in [1.807, 2.05) is 0 Å². The Morgan fingerprint density at radius 1 is 1.09 bits per heavy atom. The molecule has 0 aromatic heterocycles. The molecule has 9 nitrogen and oxygen atoms in total. The molecule has 3 rings (SSSR count). The number of benzene rings is 2. The number of carbonyl (C=O) groups is 3. The summed E-state index contributed by atoms with van der Waals surface area (Å²) in [6, 6.07) is 8.27. The van der Waals surface area contributed by atoms with E-state index in [1.54, 1.807) is 18.2 Å². The minimum atomic E-state index is -0.975. The first-order valence-electron chi connectivity index (χ1n) is 10.2. The summed E-state index contributed by atoms with van der Waals surface area (Å²) in [7, 11) is 4.26. The van der Waals surface area contributed by atoms with Crippen molar-refractivity contribution in [2.24, 2.45) is 0 Å². The van der Waals surface area contributed by atoms with Gasteiger partial charge in [0.15, 0.2) is 0 Å². The lowest BCUT2D eigenvalue weighted by Crippen LogP contribution is -2.32. The maximum Gasteiger partial charge on any atom is 0.308 e. The van der Waals surface area contributed by atoms with Crippen molar-refractivity contribution in [3.8, 4) is 17.2 Å². The first-order chi connectivity index (χ1) is 16.2. The minimum absolute atomic E-state index is 0.0847. The highest BCUT2D eigenvalue weighted by molar-refractivity contribution is 6.46. The van der Waals surface area contributed by atoms with E-state index < -0.39 is 29.5 Å². The second-order valence-electron chi connectivity index (χ2n) is 7.34. The number of esters is 1. The van der Waals surface area contributed by atoms with Gasteiger partial charge in [0.2, 0.25) is 0 Å². The Kier molecular flexibility index (Phi) is 7.80. The third kappa shape index (κ3) is 4.85. The van der Waals surface area contributed by atoms with Crippen molar-refractivity contribution in [1.29, 1.82) is 0 Å². The molecule has 0 saturated carbocycles. The van der Waals surface area contributed by atoms with Crippen molar-refractivity contribution in [1.82, 2.24) is 4.90 Å². The molecule has 34 heavy (non-hydrogen) atoms. The maximum absolute atomic E-state index is 13.1. The Balaban J connectivity index is 2.25. The molecule has 1 aliphatic heterocycles. The van der Waals surface area contributed by atoms with Crippen LogP contribution < -0.4 is 14.2 Å². The second-order valence-corrected chi connectivity index (χ2v) is 7.75. The first kappa shape index (κ1) is 25.1. The Morgan fingerprint density at radius 3 is 2.41 bits per heavy atom. The average molecular weight is 490 g/mol. The molecule has 1 fully saturated rings. The fourth-order valence-electron chi connectivity index (χ4n) is 3.75. The molecular weight excluding hydrogens is 466 g/mol. The molecule has 1 saturated heterocycles. The van der Waals surface area contributed by atoms with Crippen LogP contribution in [0.5, 0.6) is 17.2 Å². The van der Waals surface area contributed by atoms with E-state index in [0.717, 1.165) is 0 Å². The number of carbonyl (C=O) groups excluding carboxylic acids is 3. The third-order valence-corrected chi connectivity index (χ3v) is 5.54. The summed E-state index contributed by atoms with van der Waals surface area (Å²) < 4.78 is 20.8. The van der Waals surface area contributed by atoms with E-state index in [9.17, 15) is 19.5 Å². The van der Waals surface area contributed by atoms with E-state index in [4.69, 9.17) is 30.5 Å². The lowest BCUT2D eigenvalue weighted by molar-refractivity contribution is -0.140. The normalized spacial score (nSPS) is 17.1. The van der Waals surface area contributed by atoms with Crippen LogP contribution in [0.15, 0.2) is 42.0 Å². The number of methoxy groups -OCH3 is 3. The summed E-state index contributed by atoms with van der Waals surface area (Å²) in [6.07, 6.45) is 0. The molecule has 1 aliphatic rings. The van der Waals surface area contributed by atoms with Gasteiger partial charge in [-0.2, -0.15) is 0 Å². The van der Waals surface area contributed by atoms with E-state index in [0.29, 0.717) is 5.56 Å². The molecule has 1 atom stereocenters. The van der Waals surface area contributed by atoms with Gasteiger partial charge in [-0.3, -0.25) is 14.4 Å². The summed E-state index contributed by atoms with van der Waals surface area (Å²) in [5.74, 6) is -2.02. The van der Waals surface area contributed by atoms with Gasteiger partial charge in [-0.25, -0.2) is 0 Å². The van der Waals surface area contributed by atoms with Crippen LogP contribution in [-0.4, -0.2) is 62.1 Å². The number of Topliss-reactive ketones (excluding diaryl/α,β-unsaturated/α-hetero) is 1. The van der Waals surface area contributed by atoms with Gasteiger partial charge < -0.3 is 29.0 Å². The van der Waals surface area contributed by atoms with Crippen molar-refractivity contribution < 1.29 is 38.4 Å². The zero-order valence-corrected chi connectivity index (χ0v) is 19.8. The van der Waals surface area contributed by atoms with Crippen molar-refractivity contribution in [3.63, 3.8) is 0 Å². The van der Waals surface area contributed by atoms with Gasteiger partial charge in [-0.05, 0) is 23.8 Å². The number of aliphatic hydroxyl groups is 1. The zero-order valence-electron chi connectivity index (χ0n) is 19.1. The molecule has 180 valence electrons. The van der Waals surface area contributed by atoms with E-state index >= 15 is 0 Å². The second kappa shape index (κ2) is 10.6. The Labute approximate surface area is 201 Å². The van der Waals surface area contributed by atoms with E-state index in [-0.39, 0.29) is 46.6 Å². The van der Waals surface area contributed by atoms with Crippen LogP contribution in [0.3, 0.4) is 0 Å². The molecule has 2 aromatic carbocycles. The van der Waals surface area contributed by atoms with Crippen LogP contribution in [-0.2, 0) is 19.1 Å². The van der Waals surface area contributed by atoms with Crippen molar-refractivity contribution >= 4 is 35.0 Å². The van der Waals surface area contributed by atoms with Crippen LogP contribution in [0, 0.1) is 0 Å². The molecule has 10 heteroatoms. The molecule has 1 heterocycles. The number of halogens is 1. The number of rotatable bonds is 8. The van der Waals surface area contributed by atoms with Gasteiger partial charge in [0, 0.05) is 26.6 Å². The molecule has 1 N–H and O–H groups in total. The zero-order chi connectivity index (χ0) is 25.0.